The second-order valence-corrected chi connectivity index (χ2v) is 4.49. The van der Waals surface area contributed by atoms with Gasteiger partial charge >= 0.3 is 0 Å². The third-order valence-electron chi connectivity index (χ3n) is 2.99. The zero-order valence-corrected chi connectivity index (χ0v) is 9.48. The van der Waals surface area contributed by atoms with Crippen molar-refractivity contribution in [2.75, 3.05) is 5.32 Å². The number of benzene rings is 1. The largest absolute Gasteiger partial charge is 0.508 e. The van der Waals surface area contributed by atoms with Crippen molar-refractivity contribution in [3.05, 3.63) is 30.0 Å². The van der Waals surface area contributed by atoms with Crippen LogP contribution < -0.4 is 11.1 Å². The highest BCUT2D eigenvalue weighted by Crippen LogP contribution is 2.31. The molecule has 2 aromatic rings. The first-order valence-electron chi connectivity index (χ1n) is 5.85. The van der Waals surface area contributed by atoms with Crippen molar-refractivity contribution < 1.29 is 5.11 Å². The Bertz CT molecular complexity index is 564. The first kappa shape index (κ1) is 10.4. The number of aromatic hydroxyl groups is 1. The van der Waals surface area contributed by atoms with Crippen LogP contribution in [0.15, 0.2) is 24.3 Å². The number of phenolic OH excluding ortho intramolecular Hbond substituents is 1. The summed E-state index contributed by atoms with van der Waals surface area (Å²) in [5.41, 5.74) is 8.34. The van der Waals surface area contributed by atoms with Crippen LogP contribution in [-0.4, -0.2) is 16.1 Å². The molecule has 0 saturated heterocycles. The lowest BCUT2D eigenvalue weighted by molar-refractivity contribution is 0.476. The maximum atomic E-state index is 9.49. The highest BCUT2D eigenvalue weighted by Gasteiger charge is 2.21. The summed E-state index contributed by atoms with van der Waals surface area (Å²) in [6.07, 6.45) is 2.44. The number of nitrogens with two attached hydrogens (primary N) is 1. The predicted octanol–water partition coefficient (Wildman–Crippen LogP) is 1.97. The molecule has 4 nitrogen and oxygen atoms in total. The molecule has 3 rings (SSSR count). The molecule has 0 aliphatic heterocycles. The van der Waals surface area contributed by atoms with Gasteiger partial charge in [0.05, 0.1) is 11.2 Å². The molecular weight excluding hydrogens is 214 g/mol. The van der Waals surface area contributed by atoms with E-state index in [9.17, 15) is 5.11 Å². The van der Waals surface area contributed by atoms with Crippen LogP contribution in [0.3, 0.4) is 0 Å². The van der Waals surface area contributed by atoms with Crippen LogP contribution in [-0.2, 0) is 6.54 Å². The van der Waals surface area contributed by atoms with Gasteiger partial charge in [-0.05, 0) is 31.0 Å². The number of fused-ring (bicyclic) bond motifs is 1. The molecule has 1 heterocycles. The molecule has 1 aromatic carbocycles. The lowest BCUT2D eigenvalue weighted by atomic mass is 10.1. The fourth-order valence-electron chi connectivity index (χ4n) is 1.94. The molecule has 0 atom stereocenters. The molecule has 4 N–H and O–H groups in total. The second-order valence-electron chi connectivity index (χ2n) is 4.49. The zero-order valence-electron chi connectivity index (χ0n) is 9.48. The van der Waals surface area contributed by atoms with Gasteiger partial charge < -0.3 is 16.2 Å². The molecule has 0 radical (unpaired) electrons. The summed E-state index contributed by atoms with van der Waals surface area (Å²) >= 11 is 0. The van der Waals surface area contributed by atoms with E-state index in [2.05, 4.69) is 10.3 Å². The average molecular weight is 229 g/mol. The highest BCUT2D eigenvalue weighted by molar-refractivity contribution is 5.92. The molecule has 4 heteroatoms. The van der Waals surface area contributed by atoms with E-state index in [0.717, 1.165) is 22.3 Å². The minimum absolute atomic E-state index is 0.233. The number of hydrogen-bond donors (Lipinski definition) is 3. The molecular formula is C13H15N3O. The van der Waals surface area contributed by atoms with E-state index in [-0.39, 0.29) is 5.75 Å². The quantitative estimate of drug-likeness (QED) is 0.752. The van der Waals surface area contributed by atoms with Crippen molar-refractivity contribution in [2.24, 2.45) is 5.73 Å². The highest BCUT2D eigenvalue weighted by atomic mass is 16.3. The van der Waals surface area contributed by atoms with Crippen LogP contribution in [0.2, 0.25) is 0 Å². The number of hydrogen-bond acceptors (Lipinski definition) is 4. The van der Waals surface area contributed by atoms with Crippen molar-refractivity contribution in [1.82, 2.24) is 4.98 Å². The summed E-state index contributed by atoms with van der Waals surface area (Å²) in [5, 5.41) is 14.0. The van der Waals surface area contributed by atoms with Crippen molar-refractivity contribution >= 4 is 16.6 Å². The summed E-state index contributed by atoms with van der Waals surface area (Å²) in [4.78, 5) is 4.42. The summed E-state index contributed by atoms with van der Waals surface area (Å²) < 4.78 is 0. The molecule has 1 aliphatic carbocycles. The molecule has 1 aromatic heterocycles. The van der Waals surface area contributed by atoms with E-state index in [1.165, 1.54) is 12.8 Å². The Hall–Kier alpha value is -1.81. The molecule has 0 amide bonds. The number of rotatable bonds is 3. The van der Waals surface area contributed by atoms with E-state index in [4.69, 9.17) is 5.73 Å². The maximum absolute atomic E-state index is 9.49. The number of pyridine rings is 1. The molecule has 1 aliphatic rings. The van der Waals surface area contributed by atoms with Gasteiger partial charge in [0.15, 0.2) is 0 Å². The van der Waals surface area contributed by atoms with E-state index >= 15 is 0 Å². The van der Waals surface area contributed by atoms with Gasteiger partial charge in [0.1, 0.15) is 5.75 Å². The third-order valence-corrected chi connectivity index (χ3v) is 2.99. The van der Waals surface area contributed by atoms with E-state index < -0.39 is 0 Å². The summed E-state index contributed by atoms with van der Waals surface area (Å²) in [6.45, 7) is 0.408. The average Bonchev–Trinajstić information content (AvgIpc) is 3.12. The normalized spacial score (nSPS) is 15.1. The standard InChI is InChI=1S/C13H15N3O/c14-7-9-5-12(15-8-1-2-8)11-4-3-10(17)6-13(11)16-9/h3-6,8,17H,1-2,7,14H2,(H,15,16). The second kappa shape index (κ2) is 3.89. The van der Waals surface area contributed by atoms with Crippen LogP contribution >= 0.6 is 0 Å². The van der Waals surface area contributed by atoms with Gasteiger partial charge in [0.2, 0.25) is 0 Å². The van der Waals surface area contributed by atoms with E-state index in [1.807, 2.05) is 12.1 Å². The Morgan fingerprint density at radius 1 is 1.35 bits per heavy atom. The molecule has 0 bridgehead atoms. The minimum Gasteiger partial charge on any atom is -0.508 e. The van der Waals surface area contributed by atoms with Crippen molar-refractivity contribution in [3.8, 4) is 5.75 Å². The van der Waals surface area contributed by atoms with Gasteiger partial charge in [-0.2, -0.15) is 0 Å². The molecule has 88 valence electrons. The summed E-state index contributed by atoms with van der Waals surface area (Å²) in [6, 6.07) is 7.83. The zero-order chi connectivity index (χ0) is 11.8. The van der Waals surface area contributed by atoms with Crippen LogP contribution in [0.1, 0.15) is 18.5 Å². The summed E-state index contributed by atoms with van der Waals surface area (Å²) in [5.74, 6) is 0.233. The smallest absolute Gasteiger partial charge is 0.117 e. The van der Waals surface area contributed by atoms with Crippen LogP contribution in [0, 0.1) is 0 Å². The van der Waals surface area contributed by atoms with Crippen LogP contribution in [0.5, 0.6) is 5.75 Å². The van der Waals surface area contributed by atoms with Gasteiger partial charge in [0, 0.05) is 29.7 Å². The van der Waals surface area contributed by atoms with Crippen LogP contribution in [0.4, 0.5) is 5.69 Å². The summed E-state index contributed by atoms with van der Waals surface area (Å²) in [7, 11) is 0. The SMILES string of the molecule is NCc1cc(NC2CC2)c2ccc(O)cc2n1. The molecule has 0 spiro atoms. The first-order chi connectivity index (χ1) is 8.26. The van der Waals surface area contributed by atoms with Crippen molar-refractivity contribution in [3.63, 3.8) is 0 Å². The van der Waals surface area contributed by atoms with Crippen molar-refractivity contribution in [2.45, 2.75) is 25.4 Å². The Labute approximate surface area is 99.5 Å². The lowest BCUT2D eigenvalue weighted by Crippen LogP contribution is -2.05. The molecule has 17 heavy (non-hydrogen) atoms. The van der Waals surface area contributed by atoms with E-state index in [1.54, 1.807) is 12.1 Å². The van der Waals surface area contributed by atoms with Crippen LogP contribution in [0.25, 0.3) is 10.9 Å². The monoisotopic (exact) mass is 229 g/mol. The fraction of sp³-hybridized carbons (Fsp3) is 0.308. The van der Waals surface area contributed by atoms with Gasteiger partial charge in [-0.3, -0.25) is 4.98 Å². The predicted molar refractivity (Wildman–Crippen MR) is 67.9 cm³/mol. The number of nitrogens with one attached hydrogen (secondary N) is 1. The Morgan fingerprint density at radius 2 is 2.18 bits per heavy atom. The Kier molecular flexibility index (Phi) is 2.37. The Morgan fingerprint density at radius 3 is 2.88 bits per heavy atom. The van der Waals surface area contributed by atoms with E-state index in [0.29, 0.717) is 12.6 Å². The molecule has 1 saturated carbocycles. The molecule has 1 fully saturated rings. The van der Waals surface area contributed by atoms with Gasteiger partial charge in [-0.25, -0.2) is 0 Å². The number of aromatic nitrogens is 1. The van der Waals surface area contributed by atoms with Gasteiger partial charge in [-0.15, -0.1) is 0 Å². The van der Waals surface area contributed by atoms with Gasteiger partial charge in [0.25, 0.3) is 0 Å². The number of phenols is 1. The number of nitrogens with zero attached hydrogens (tertiary/aromatic N) is 1. The third kappa shape index (κ3) is 2.03. The Balaban J connectivity index is 2.15. The fourth-order valence-corrected chi connectivity index (χ4v) is 1.94. The maximum Gasteiger partial charge on any atom is 0.117 e. The minimum atomic E-state index is 0.233. The lowest BCUT2D eigenvalue weighted by Gasteiger charge is -2.10. The topological polar surface area (TPSA) is 71.2 Å². The molecule has 0 unspecified atom stereocenters. The van der Waals surface area contributed by atoms with Crippen molar-refractivity contribution in [1.29, 1.82) is 0 Å². The number of anilines is 1. The first-order valence-corrected chi connectivity index (χ1v) is 5.85. The van der Waals surface area contributed by atoms with Gasteiger partial charge in [-0.1, -0.05) is 0 Å².